The van der Waals surface area contributed by atoms with E-state index in [9.17, 15) is 19.7 Å². The number of aliphatic carboxylic acids is 1. The number of hydrogen-bond acceptors (Lipinski definition) is 7. The molecule has 0 aromatic heterocycles. The van der Waals surface area contributed by atoms with Gasteiger partial charge < -0.3 is 25.7 Å². The van der Waals surface area contributed by atoms with E-state index in [2.05, 4.69) is 10.2 Å². The van der Waals surface area contributed by atoms with E-state index in [0.29, 0.717) is 38.6 Å². The van der Waals surface area contributed by atoms with Crippen molar-refractivity contribution in [2.45, 2.75) is 38.1 Å². The summed E-state index contributed by atoms with van der Waals surface area (Å²) < 4.78 is 4.82. The van der Waals surface area contributed by atoms with Gasteiger partial charge in [0.1, 0.15) is 6.04 Å². The second-order valence-corrected chi connectivity index (χ2v) is 4.27. The van der Waals surface area contributed by atoms with Gasteiger partial charge in [-0.05, 0) is 32.1 Å². The number of amides is 1. The van der Waals surface area contributed by atoms with Crippen LogP contribution in [0, 0.1) is 10.1 Å². The van der Waals surface area contributed by atoms with E-state index in [1.54, 1.807) is 0 Å². The Bertz CT molecular complexity index is 338. The third kappa shape index (κ3) is 12.7. The molecule has 0 radical (unpaired) electrons. The molecular formula is C11H21N3O7. The SMILES string of the molecule is NC(CCCCNC(=O)OCCCCO[N+](=O)[O-])C(=O)O. The maximum absolute atomic E-state index is 11.2. The van der Waals surface area contributed by atoms with Crippen LogP contribution in [0.1, 0.15) is 32.1 Å². The zero-order valence-corrected chi connectivity index (χ0v) is 11.7. The van der Waals surface area contributed by atoms with Gasteiger partial charge in [0.05, 0.1) is 13.2 Å². The number of alkyl carbamates (subject to hydrolysis) is 1. The highest BCUT2D eigenvalue weighted by Crippen LogP contribution is 1.98. The summed E-state index contributed by atoms with van der Waals surface area (Å²) in [5, 5.41) is 20.0. The van der Waals surface area contributed by atoms with Crippen molar-refractivity contribution in [3.05, 3.63) is 10.1 Å². The molecule has 1 atom stereocenters. The number of carbonyl (C=O) groups excluding carboxylic acids is 1. The number of carboxylic acids is 1. The lowest BCUT2D eigenvalue weighted by molar-refractivity contribution is -0.757. The predicted molar refractivity (Wildman–Crippen MR) is 71.0 cm³/mol. The number of nitrogens with two attached hydrogens (primary N) is 1. The molecule has 0 spiro atoms. The van der Waals surface area contributed by atoms with Crippen LogP contribution in [0.5, 0.6) is 0 Å². The summed E-state index contributed by atoms with van der Waals surface area (Å²) in [6.07, 6.45) is 1.85. The Labute approximate surface area is 121 Å². The Morgan fingerprint density at radius 3 is 2.52 bits per heavy atom. The lowest BCUT2D eigenvalue weighted by Crippen LogP contribution is -2.30. The van der Waals surface area contributed by atoms with Crippen molar-refractivity contribution in [3.8, 4) is 0 Å². The van der Waals surface area contributed by atoms with Gasteiger partial charge in [0.2, 0.25) is 0 Å². The third-order valence-electron chi connectivity index (χ3n) is 2.50. The van der Waals surface area contributed by atoms with Crippen molar-refractivity contribution in [1.82, 2.24) is 5.32 Å². The molecule has 1 amide bonds. The molecule has 0 rings (SSSR count). The van der Waals surface area contributed by atoms with Crippen LogP contribution >= 0.6 is 0 Å². The van der Waals surface area contributed by atoms with E-state index >= 15 is 0 Å². The van der Waals surface area contributed by atoms with Crippen LogP contribution in [-0.2, 0) is 14.4 Å². The van der Waals surface area contributed by atoms with Gasteiger partial charge in [-0.2, -0.15) is 0 Å². The smallest absolute Gasteiger partial charge is 0.407 e. The van der Waals surface area contributed by atoms with Crippen LogP contribution in [0.2, 0.25) is 0 Å². The molecular weight excluding hydrogens is 286 g/mol. The summed E-state index contributed by atoms with van der Waals surface area (Å²) in [6, 6.07) is -0.877. The molecule has 1 unspecified atom stereocenters. The Kier molecular flexibility index (Phi) is 10.5. The highest BCUT2D eigenvalue weighted by atomic mass is 16.9. The maximum Gasteiger partial charge on any atom is 0.407 e. The zero-order valence-electron chi connectivity index (χ0n) is 11.7. The minimum Gasteiger partial charge on any atom is -0.480 e. The van der Waals surface area contributed by atoms with E-state index in [4.69, 9.17) is 15.6 Å². The van der Waals surface area contributed by atoms with E-state index in [-0.39, 0.29) is 13.2 Å². The van der Waals surface area contributed by atoms with Gasteiger partial charge >= 0.3 is 12.1 Å². The standard InChI is InChI=1S/C11H21N3O7/c12-9(10(15)16)5-1-2-6-13-11(17)20-7-3-4-8-21-14(18)19/h9H,1-8,12H2,(H,13,17)(H,15,16). The molecule has 0 bridgehead atoms. The van der Waals surface area contributed by atoms with Gasteiger partial charge in [0, 0.05) is 6.54 Å². The quantitative estimate of drug-likeness (QED) is 0.264. The third-order valence-corrected chi connectivity index (χ3v) is 2.50. The summed E-state index contributed by atoms with van der Waals surface area (Å²) in [6.45, 7) is 0.494. The Morgan fingerprint density at radius 2 is 1.90 bits per heavy atom. The average Bonchev–Trinajstić information content (AvgIpc) is 2.41. The molecule has 0 aliphatic rings. The van der Waals surface area contributed by atoms with Crippen molar-refractivity contribution in [2.24, 2.45) is 5.73 Å². The van der Waals surface area contributed by atoms with Crippen LogP contribution in [0.25, 0.3) is 0 Å². The van der Waals surface area contributed by atoms with Crippen molar-refractivity contribution in [3.63, 3.8) is 0 Å². The molecule has 0 aliphatic carbocycles. The molecule has 0 fully saturated rings. The minimum atomic E-state index is -1.04. The van der Waals surface area contributed by atoms with Gasteiger partial charge in [-0.3, -0.25) is 4.79 Å². The second-order valence-electron chi connectivity index (χ2n) is 4.27. The molecule has 0 saturated heterocycles. The summed E-state index contributed by atoms with van der Waals surface area (Å²) in [7, 11) is 0. The topological polar surface area (TPSA) is 154 Å². The van der Waals surface area contributed by atoms with Crippen molar-refractivity contribution in [2.75, 3.05) is 19.8 Å². The molecule has 10 nitrogen and oxygen atoms in total. The highest BCUT2D eigenvalue weighted by molar-refractivity contribution is 5.72. The van der Waals surface area contributed by atoms with Gasteiger partial charge in [0.25, 0.3) is 5.09 Å². The number of nitrogens with one attached hydrogen (secondary N) is 1. The molecule has 0 heterocycles. The van der Waals surface area contributed by atoms with Crippen LogP contribution in [0.15, 0.2) is 0 Å². The Hall–Kier alpha value is -2.10. The monoisotopic (exact) mass is 307 g/mol. The second kappa shape index (κ2) is 11.7. The number of hydrogen-bond donors (Lipinski definition) is 3. The first kappa shape index (κ1) is 18.9. The van der Waals surface area contributed by atoms with E-state index in [0.717, 1.165) is 0 Å². The molecule has 10 heteroatoms. The Balaban J connectivity index is 3.35. The first-order valence-corrected chi connectivity index (χ1v) is 6.59. The molecule has 0 aromatic carbocycles. The fraction of sp³-hybridized carbons (Fsp3) is 0.818. The van der Waals surface area contributed by atoms with Gasteiger partial charge in [-0.25, -0.2) is 4.79 Å². The molecule has 0 saturated carbocycles. The molecule has 122 valence electrons. The summed E-state index contributed by atoms with van der Waals surface area (Å²) in [5.41, 5.74) is 5.32. The van der Waals surface area contributed by atoms with Crippen molar-refractivity contribution < 1.29 is 29.4 Å². The van der Waals surface area contributed by atoms with E-state index < -0.39 is 23.2 Å². The van der Waals surface area contributed by atoms with Crippen molar-refractivity contribution in [1.29, 1.82) is 0 Å². The lowest BCUT2D eigenvalue weighted by atomic mass is 10.1. The number of rotatable bonds is 12. The summed E-state index contributed by atoms with van der Waals surface area (Å²) in [5.74, 6) is -1.04. The van der Waals surface area contributed by atoms with Crippen LogP contribution in [-0.4, -0.2) is 48.1 Å². The molecule has 4 N–H and O–H groups in total. The van der Waals surface area contributed by atoms with Crippen molar-refractivity contribution >= 4 is 12.1 Å². The fourth-order valence-electron chi connectivity index (χ4n) is 1.36. The number of nitrogens with zero attached hydrogens (tertiary/aromatic N) is 1. The van der Waals surface area contributed by atoms with Gasteiger partial charge in [-0.15, -0.1) is 10.1 Å². The van der Waals surface area contributed by atoms with Crippen LogP contribution < -0.4 is 11.1 Å². The highest BCUT2D eigenvalue weighted by Gasteiger charge is 2.10. The summed E-state index contributed by atoms with van der Waals surface area (Å²) >= 11 is 0. The fourth-order valence-corrected chi connectivity index (χ4v) is 1.36. The molecule has 0 aliphatic heterocycles. The Morgan fingerprint density at radius 1 is 1.24 bits per heavy atom. The normalized spacial score (nSPS) is 11.5. The zero-order chi connectivity index (χ0) is 16.1. The maximum atomic E-state index is 11.2. The number of carboxylic acid groups (broad SMARTS) is 1. The first-order valence-electron chi connectivity index (χ1n) is 6.59. The number of carbonyl (C=O) groups is 2. The van der Waals surface area contributed by atoms with Crippen LogP contribution in [0.4, 0.5) is 4.79 Å². The lowest BCUT2D eigenvalue weighted by Gasteiger charge is -2.08. The van der Waals surface area contributed by atoms with Gasteiger partial charge in [-0.1, -0.05) is 0 Å². The average molecular weight is 307 g/mol. The van der Waals surface area contributed by atoms with Gasteiger partial charge in [0.15, 0.2) is 0 Å². The van der Waals surface area contributed by atoms with E-state index in [1.165, 1.54) is 0 Å². The largest absolute Gasteiger partial charge is 0.480 e. The molecule has 21 heavy (non-hydrogen) atoms. The predicted octanol–water partition coefficient (Wildman–Crippen LogP) is 0.283. The molecule has 0 aromatic rings. The summed E-state index contributed by atoms with van der Waals surface area (Å²) in [4.78, 5) is 35.6. The number of ether oxygens (including phenoxy) is 1. The van der Waals surface area contributed by atoms with Crippen LogP contribution in [0.3, 0.4) is 0 Å². The van der Waals surface area contributed by atoms with E-state index in [1.807, 2.05) is 0 Å². The number of unbranched alkanes of at least 4 members (excludes halogenated alkanes) is 2. The first-order chi connectivity index (χ1) is 9.93. The minimum absolute atomic E-state index is 0.0260.